The zero-order valence-electron chi connectivity index (χ0n) is 19.2. The van der Waals surface area contributed by atoms with Crippen molar-refractivity contribution < 1.29 is 9.59 Å². The van der Waals surface area contributed by atoms with Crippen molar-refractivity contribution in [1.29, 1.82) is 0 Å². The topological polar surface area (TPSA) is 77.2 Å². The summed E-state index contributed by atoms with van der Waals surface area (Å²) < 4.78 is 0. The summed E-state index contributed by atoms with van der Waals surface area (Å²) >= 11 is 6.23. The Labute approximate surface area is 199 Å². The molecule has 174 valence electrons. The number of halogens is 1. The van der Waals surface area contributed by atoms with E-state index in [1.54, 1.807) is 24.3 Å². The van der Waals surface area contributed by atoms with Crippen LogP contribution in [-0.4, -0.2) is 53.9 Å². The van der Waals surface area contributed by atoms with Crippen LogP contribution in [0, 0.1) is 0 Å². The van der Waals surface area contributed by atoms with Crippen LogP contribution in [0.1, 0.15) is 41.6 Å². The van der Waals surface area contributed by atoms with Crippen LogP contribution in [0.25, 0.3) is 10.9 Å². The number of benzene rings is 2. The minimum absolute atomic E-state index is 0.0340. The second kappa shape index (κ2) is 9.98. The second-order valence-corrected chi connectivity index (χ2v) is 9.52. The first-order valence-corrected chi connectivity index (χ1v) is 11.8. The van der Waals surface area contributed by atoms with Crippen LogP contribution in [-0.2, 0) is 11.2 Å². The minimum Gasteiger partial charge on any atom is -0.361 e. The van der Waals surface area contributed by atoms with Gasteiger partial charge in [-0.3, -0.25) is 9.59 Å². The number of aromatic amines is 1. The van der Waals surface area contributed by atoms with E-state index < -0.39 is 6.04 Å². The number of likely N-dealkylation sites (N-methyl/N-ethyl adjacent to an activating group) is 1. The average molecular weight is 467 g/mol. The normalized spacial score (nSPS) is 16.1. The molecule has 2 amide bonds. The van der Waals surface area contributed by atoms with Gasteiger partial charge in [-0.2, -0.15) is 0 Å². The van der Waals surface area contributed by atoms with Gasteiger partial charge >= 0.3 is 0 Å². The van der Waals surface area contributed by atoms with Crippen molar-refractivity contribution in [2.45, 2.75) is 43.7 Å². The van der Waals surface area contributed by atoms with E-state index >= 15 is 0 Å². The number of carbonyl (C=O) groups is 2. The van der Waals surface area contributed by atoms with Crippen molar-refractivity contribution in [3.8, 4) is 0 Å². The van der Waals surface area contributed by atoms with Gasteiger partial charge in [-0.15, -0.1) is 0 Å². The fraction of sp³-hybridized carbons (Fsp3) is 0.385. The number of hydrogen-bond acceptors (Lipinski definition) is 3. The van der Waals surface area contributed by atoms with E-state index in [4.69, 9.17) is 11.6 Å². The molecule has 3 N–H and O–H groups in total. The van der Waals surface area contributed by atoms with Crippen LogP contribution in [0.15, 0.2) is 54.7 Å². The van der Waals surface area contributed by atoms with Crippen molar-refractivity contribution in [1.82, 2.24) is 20.5 Å². The predicted molar refractivity (Wildman–Crippen MR) is 133 cm³/mol. The molecule has 1 fully saturated rings. The van der Waals surface area contributed by atoms with E-state index in [0.717, 1.165) is 42.1 Å². The van der Waals surface area contributed by atoms with E-state index in [9.17, 15) is 9.59 Å². The summed E-state index contributed by atoms with van der Waals surface area (Å²) in [6.07, 6.45) is 6.72. The molecular weight excluding hydrogens is 436 g/mol. The lowest BCUT2D eigenvalue weighted by Crippen LogP contribution is -2.55. The Hall–Kier alpha value is -2.83. The van der Waals surface area contributed by atoms with Gasteiger partial charge in [0, 0.05) is 35.6 Å². The third-order valence-electron chi connectivity index (χ3n) is 6.91. The number of rotatable bonds is 8. The van der Waals surface area contributed by atoms with Crippen LogP contribution >= 0.6 is 11.6 Å². The summed E-state index contributed by atoms with van der Waals surface area (Å²) in [6, 6.07) is 14.1. The number of carbonyl (C=O) groups excluding carboxylic acids is 2. The molecule has 1 aromatic heterocycles. The zero-order chi connectivity index (χ0) is 23.4. The third kappa shape index (κ3) is 5.07. The van der Waals surface area contributed by atoms with E-state index in [1.807, 2.05) is 30.5 Å². The van der Waals surface area contributed by atoms with E-state index in [-0.39, 0.29) is 17.4 Å². The first-order valence-electron chi connectivity index (χ1n) is 11.5. The number of hydrogen-bond donors (Lipinski definition) is 3. The fourth-order valence-electron chi connectivity index (χ4n) is 4.80. The fourth-order valence-corrected chi connectivity index (χ4v) is 5.02. The Balaban J connectivity index is 1.55. The lowest BCUT2D eigenvalue weighted by atomic mass is 9.95. The summed E-state index contributed by atoms with van der Waals surface area (Å²) in [5, 5.41) is 7.48. The molecule has 0 bridgehead atoms. The number of nitrogens with zero attached hydrogens (tertiary/aromatic N) is 1. The summed E-state index contributed by atoms with van der Waals surface area (Å²) in [5.74, 6) is -0.544. The molecule has 33 heavy (non-hydrogen) atoms. The number of aromatic nitrogens is 1. The number of fused-ring (bicyclic) bond motifs is 1. The Morgan fingerprint density at radius 3 is 2.52 bits per heavy atom. The van der Waals surface area contributed by atoms with Gasteiger partial charge in [0.15, 0.2) is 0 Å². The van der Waals surface area contributed by atoms with Crippen molar-refractivity contribution in [3.63, 3.8) is 0 Å². The van der Waals surface area contributed by atoms with Crippen molar-refractivity contribution in [2.24, 2.45) is 0 Å². The van der Waals surface area contributed by atoms with Gasteiger partial charge in [-0.05, 0) is 50.7 Å². The SMILES string of the molecule is CN(C)C1(CNC(=O)C(Cc2c[nH]c3ccccc23)NC(=O)c2ccccc2Cl)CCCC1. The van der Waals surface area contributed by atoms with Gasteiger partial charge in [0.25, 0.3) is 5.91 Å². The molecular formula is C26H31ClN4O2. The summed E-state index contributed by atoms with van der Waals surface area (Å²) in [4.78, 5) is 31.9. The molecule has 0 saturated heterocycles. The Morgan fingerprint density at radius 1 is 1.09 bits per heavy atom. The van der Waals surface area contributed by atoms with Crippen LogP contribution in [0.2, 0.25) is 5.02 Å². The highest BCUT2D eigenvalue weighted by Crippen LogP contribution is 2.33. The number of nitrogens with one attached hydrogen (secondary N) is 3. The molecule has 7 heteroatoms. The van der Waals surface area contributed by atoms with Crippen LogP contribution in [0.4, 0.5) is 0 Å². The molecule has 1 atom stereocenters. The molecule has 1 unspecified atom stereocenters. The number of amides is 2. The van der Waals surface area contributed by atoms with E-state index in [2.05, 4.69) is 34.6 Å². The number of para-hydroxylation sites is 1. The van der Waals surface area contributed by atoms with Gasteiger partial charge in [0.05, 0.1) is 10.6 Å². The lowest BCUT2D eigenvalue weighted by molar-refractivity contribution is -0.123. The highest BCUT2D eigenvalue weighted by atomic mass is 35.5. The first-order chi connectivity index (χ1) is 15.9. The quantitative estimate of drug-likeness (QED) is 0.466. The molecule has 0 spiro atoms. The second-order valence-electron chi connectivity index (χ2n) is 9.11. The first kappa shape index (κ1) is 23.3. The molecule has 1 aliphatic carbocycles. The lowest BCUT2D eigenvalue weighted by Gasteiger charge is -2.37. The van der Waals surface area contributed by atoms with Gasteiger partial charge in [-0.1, -0.05) is 54.8 Å². The standard InChI is InChI=1S/C26H31ClN4O2/c1-31(2)26(13-7-8-14-26)17-29-25(33)23(30-24(32)20-10-3-5-11-21(20)27)15-18-16-28-22-12-6-4-9-19(18)22/h3-6,9-12,16,23,28H,7-8,13-15,17H2,1-2H3,(H,29,33)(H,30,32). The Bertz CT molecular complexity index is 1130. The zero-order valence-corrected chi connectivity index (χ0v) is 19.9. The molecule has 3 aromatic rings. The maximum absolute atomic E-state index is 13.4. The molecule has 0 radical (unpaired) electrons. The minimum atomic E-state index is -0.728. The average Bonchev–Trinajstić information content (AvgIpc) is 3.45. The van der Waals surface area contributed by atoms with E-state index in [1.165, 1.54) is 0 Å². The molecule has 1 heterocycles. The van der Waals surface area contributed by atoms with E-state index in [0.29, 0.717) is 23.6 Å². The maximum atomic E-state index is 13.4. The van der Waals surface area contributed by atoms with Crippen molar-refractivity contribution >= 4 is 34.3 Å². The molecule has 1 aliphatic rings. The highest BCUT2D eigenvalue weighted by molar-refractivity contribution is 6.33. The van der Waals surface area contributed by atoms with Crippen LogP contribution < -0.4 is 10.6 Å². The number of H-pyrrole nitrogens is 1. The highest BCUT2D eigenvalue weighted by Gasteiger charge is 2.37. The molecule has 0 aliphatic heterocycles. The van der Waals surface area contributed by atoms with Gasteiger partial charge in [-0.25, -0.2) is 0 Å². The monoisotopic (exact) mass is 466 g/mol. The molecule has 6 nitrogen and oxygen atoms in total. The van der Waals surface area contributed by atoms with Crippen LogP contribution in [0.3, 0.4) is 0 Å². The van der Waals surface area contributed by atoms with Crippen LogP contribution in [0.5, 0.6) is 0 Å². The smallest absolute Gasteiger partial charge is 0.253 e. The maximum Gasteiger partial charge on any atom is 0.253 e. The third-order valence-corrected chi connectivity index (χ3v) is 7.24. The molecule has 2 aromatic carbocycles. The van der Waals surface area contributed by atoms with Crippen molar-refractivity contribution in [2.75, 3.05) is 20.6 Å². The summed E-state index contributed by atoms with van der Waals surface area (Å²) in [6.45, 7) is 0.561. The predicted octanol–water partition coefficient (Wildman–Crippen LogP) is 4.15. The summed E-state index contributed by atoms with van der Waals surface area (Å²) in [7, 11) is 4.14. The Morgan fingerprint density at radius 2 is 1.79 bits per heavy atom. The van der Waals surface area contributed by atoms with Gasteiger partial charge < -0.3 is 20.5 Å². The largest absolute Gasteiger partial charge is 0.361 e. The Kier molecular flexibility index (Phi) is 7.05. The van der Waals surface area contributed by atoms with Crippen molar-refractivity contribution in [3.05, 3.63) is 70.9 Å². The summed E-state index contributed by atoms with van der Waals surface area (Å²) in [5.41, 5.74) is 2.31. The van der Waals surface area contributed by atoms with Gasteiger partial charge in [0.2, 0.25) is 5.91 Å². The van der Waals surface area contributed by atoms with Gasteiger partial charge in [0.1, 0.15) is 6.04 Å². The molecule has 4 rings (SSSR count). The molecule has 1 saturated carbocycles.